The zero-order chi connectivity index (χ0) is 11.8. The lowest BCUT2D eigenvalue weighted by Crippen LogP contribution is -1.98. The SMILES string of the molecule is CCOCC.O=C(O)CO.OCCO. The fourth-order valence-corrected chi connectivity index (χ4v) is 0.204. The monoisotopic (exact) mass is 212 g/mol. The lowest BCUT2D eigenvalue weighted by Gasteiger charge is -1.86. The molecular weight excluding hydrogens is 192 g/mol. The van der Waals surface area contributed by atoms with Crippen LogP contribution in [0.25, 0.3) is 0 Å². The summed E-state index contributed by atoms with van der Waals surface area (Å²) < 4.78 is 4.83. The molecule has 88 valence electrons. The number of hydrogen-bond acceptors (Lipinski definition) is 5. The van der Waals surface area contributed by atoms with Crippen molar-refractivity contribution in [2.24, 2.45) is 0 Å². The molecule has 0 aromatic carbocycles. The third-order valence-corrected chi connectivity index (χ3v) is 0.644. The molecule has 0 aliphatic rings. The highest BCUT2D eigenvalue weighted by Crippen LogP contribution is 1.64. The van der Waals surface area contributed by atoms with Gasteiger partial charge in [0, 0.05) is 13.2 Å². The van der Waals surface area contributed by atoms with Crippen LogP contribution in [-0.2, 0) is 9.53 Å². The number of carboxylic acids is 1. The van der Waals surface area contributed by atoms with Gasteiger partial charge in [0.2, 0.25) is 0 Å². The second-order valence-electron chi connectivity index (χ2n) is 1.78. The van der Waals surface area contributed by atoms with Crippen molar-refractivity contribution < 1.29 is 30.0 Å². The predicted octanol–water partition coefficient (Wildman–Crippen LogP) is -0.923. The summed E-state index contributed by atoms with van der Waals surface area (Å²) in [4.78, 5) is 9.12. The van der Waals surface area contributed by atoms with E-state index in [1.807, 2.05) is 13.8 Å². The number of aliphatic carboxylic acids is 1. The van der Waals surface area contributed by atoms with E-state index >= 15 is 0 Å². The minimum atomic E-state index is -1.19. The number of aliphatic hydroxyl groups is 3. The Hall–Kier alpha value is -0.690. The maximum absolute atomic E-state index is 9.12. The van der Waals surface area contributed by atoms with Crippen LogP contribution in [-0.4, -0.2) is 59.4 Å². The van der Waals surface area contributed by atoms with Crippen molar-refractivity contribution in [3.05, 3.63) is 0 Å². The van der Waals surface area contributed by atoms with E-state index in [9.17, 15) is 0 Å². The van der Waals surface area contributed by atoms with Gasteiger partial charge in [0.1, 0.15) is 6.61 Å². The van der Waals surface area contributed by atoms with Crippen molar-refractivity contribution in [3.8, 4) is 0 Å². The average molecular weight is 212 g/mol. The molecule has 6 nitrogen and oxygen atoms in total. The molecule has 6 heteroatoms. The summed E-state index contributed by atoms with van der Waals surface area (Å²) in [6, 6.07) is 0. The molecule has 0 heterocycles. The van der Waals surface area contributed by atoms with Crippen molar-refractivity contribution in [3.63, 3.8) is 0 Å². The topological polar surface area (TPSA) is 107 Å². The van der Waals surface area contributed by atoms with E-state index in [0.29, 0.717) is 0 Å². The van der Waals surface area contributed by atoms with Gasteiger partial charge in [-0.15, -0.1) is 0 Å². The Morgan fingerprint density at radius 3 is 1.36 bits per heavy atom. The standard InChI is InChI=1S/C4H10O.C2H4O3.C2H6O2/c1-3-5-4-2;3-1-2(4)5;3-1-2-4/h3-4H2,1-2H3;3H,1H2,(H,4,5);3-4H,1-2H2. The number of carbonyl (C=O) groups is 1. The molecule has 0 atom stereocenters. The molecule has 0 amide bonds. The van der Waals surface area contributed by atoms with Gasteiger partial charge >= 0.3 is 5.97 Å². The smallest absolute Gasteiger partial charge is 0.329 e. The summed E-state index contributed by atoms with van der Waals surface area (Å²) in [6.07, 6.45) is 0. The normalized spacial score (nSPS) is 7.79. The average Bonchev–Trinajstić information content (AvgIpc) is 2.20. The lowest BCUT2D eigenvalue weighted by molar-refractivity contribution is -0.140. The molecule has 0 saturated heterocycles. The summed E-state index contributed by atoms with van der Waals surface area (Å²) in [5, 5.41) is 30.3. The van der Waals surface area contributed by atoms with Gasteiger partial charge in [0.25, 0.3) is 0 Å². The molecule has 0 radical (unpaired) electrons. The van der Waals surface area contributed by atoms with Gasteiger partial charge < -0.3 is 25.2 Å². The molecule has 4 N–H and O–H groups in total. The molecular formula is C8H20O6. The van der Waals surface area contributed by atoms with Crippen LogP contribution in [0, 0.1) is 0 Å². The zero-order valence-corrected chi connectivity index (χ0v) is 8.64. The minimum absolute atomic E-state index is 0.125. The summed E-state index contributed by atoms with van der Waals surface area (Å²) in [5.74, 6) is -1.19. The number of ether oxygens (including phenoxy) is 1. The molecule has 14 heavy (non-hydrogen) atoms. The van der Waals surface area contributed by atoms with Gasteiger partial charge in [-0.2, -0.15) is 0 Å². The van der Waals surface area contributed by atoms with E-state index in [4.69, 9.17) is 30.0 Å². The molecule has 0 aliphatic carbocycles. The Kier molecular flexibility index (Phi) is 30.9. The predicted molar refractivity (Wildman–Crippen MR) is 51.1 cm³/mol. The molecule has 0 spiro atoms. The molecule has 0 unspecified atom stereocenters. The summed E-state index contributed by atoms with van der Waals surface area (Å²) in [5.41, 5.74) is 0. The summed E-state index contributed by atoms with van der Waals surface area (Å²) in [6.45, 7) is 4.64. The number of rotatable bonds is 4. The molecule has 0 saturated carbocycles. The summed E-state index contributed by atoms with van der Waals surface area (Å²) in [7, 11) is 0. The zero-order valence-electron chi connectivity index (χ0n) is 8.64. The second kappa shape index (κ2) is 22.8. The van der Waals surface area contributed by atoms with Crippen molar-refractivity contribution >= 4 is 5.97 Å². The van der Waals surface area contributed by atoms with Crippen LogP contribution in [0.2, 0.25) is 0 Å². The highest BCUT2D eigenvalue weighted by atomic mass is 16.5. The Labute approximate surface area is 83.8 Å². The van der Waals surface area contributed by atoms with Crippen LogP contribution in [0.3, 0.4) is 0 Å². The van der Waals surface area contributed by atoms with Crippen molar-refractivity contribution in [1.82, 2.24) is 0 Å². The Morgan fingerprint density at radius 2 is 1.36 bits per heavy atom. The van der Waals surface area contributed by atoms with E-state index in [1.165, 1.54) is 0 Å². The Morgan fingerprint density at radius 1 is 1.07 bits per heavy atom. The maximum atomic E-state index is 9.12. The molecule has 0 aliphatic heterocycles. The van der Waals surface area contributed by atoms with E-state index in [2.05, 4.69) is 0 Å². The first-order valence-electron chi connectivity index (χ1n) is 4.22. The van der Waals surface area contributed by atoms with Crippen LogP contribution < -0.4 is 0 Å². The maximum Gasteiger partial charge on any atom is 0.329 e. The second-order valence-corrected chi connectivity index (χ2v) is 1.78. The Balaban J connectivity index is -0.000000131. The van der Waals surface area contributed by atoms with Gasteiger partial charge in [-0.05, 0) is 13.8 Å². The van der Waals surface area contributed by atoms with E-state index in [1.54, 1.807) is 0 Å². The van der Waals surface area contributed by atoms with Gasteiger partial charge in [0.15, 0.2) is 0 Å². The van der Waals surface area contributed by atoms with E-state index in [0.717, 1.165) is 13.2 Å². The minimum Gasteiger partial charge on any atom is -0.480 e. The first-order valence-corrected chi connectivity index (χ1v) is 4.22. The fraction of sp³-hybridized carbons (Fsp3) is 0.875. The van der Waals surface area contributed by atoms with Gasteiger partial charge in [0.05, 0.1) is 13.2 Å². The highest BCUT2D eigenvalue weighted by Gasteiger charge is 1.82. The molecule has 0 aromatic heterocycles. The van der Waals surface area contributed by atoms with E-state index < -0.39 is 12.6 Å². The van der Waals surface area contributed by atoms with Crippen LogP contribution in [0.1, 0.15) is 13.8 Å². The molecule has 0 fully saturated rings. The number of aliphatic hydroxyl groups excluding tert-OH is 3. The largest absolute Gasteiger partial charge is 0.480 e. The first kappa shape index (κ1) is 19.0. The fourth-order valence-electron chi connectivity index (χ4n) is 0.204. The quantitative estimate of drug-likeness (QED) is 0.480. The van der Waals surface area contributed by atoms with Gasteiger partial charge in [-0.25, -0.2) is 4.79 Å². The third kappa shape index (κ3) is 64.7. The van der Waals surface area contributed by atoms with Crippen LogP contribution in [0.5, 0.6) is 0 Å². The van der Waals surface area contributed by atoms with Crippen molar-refractivity contribution in [2.75, 3.05) is 33.0 Å². The molecule has 0 aromatic rings. The first-order chi connectivity index (χ1) is 6.60. The van der Waals surface area contributed by atoms with Crippen molar-refractivity contribution in [2.45, 2.75) is 13.8 Å². The number of carboxylic acid groups (broad SMARTS) is 1. The van der Waals surface area contributed by atoms with Crippen LogP contribution in [0.4, 0.5) is 0 Å². The van der Waals surface area contributed by atoms with Crippen LogP contribution in [0.15, 0.2) is 0 Å². The molecule has 0 bridgehead atoms. The van der Waals surface area contributed by atoms with Crippen molar-refractivity contribution in [1.29, 1.82) is 0 Å². The van der Waals surface area contributed by atoms with Gasteiger partial charge in [-0.3, -0.25) is 0 Å². The van der Waals surface area contributed by atoms with Gasteiger partial charge in [-0.1, -0.05) is 0 Å². The van der Waals surface area contributed by atoms with Crippen LogP contribution >= 0.6 is 0 Å². The third-order valence-electron chi connectivity index (χ3n) is 0.644. The summed E-state index contributed by atoms with van der Waals surface area (Å²) >= 11 is 0. The molecule has 0 rings (SSSR count). The lowest BCUT2D eigenvalue weighted by atomic mass is 10.8. The highest BCUT2D eigenvalue weighted by molar-refractivity contribution is 5.67. The van der Waals surface area contributed by atoms with E-state index in [-0.39, 0.29) is 13.2 Å². The Bertz CT molecular complexity index is 91.8. The number of hydrogen-bond donors (Lipinski definition) is 4.